The molecule has 25 heavy (non-hydrogen) atoms. The molecule has 2 aromatic rings. The topological polar surface area (TPSA) is 73.2 Å². The normalized spacial score (nSPS) is 14.2. The van der Waals surface area contributed by atoms with E-state index in [1.807, 2.05) is 0 Å². The van der Waals surface area contributed by atoms with Crippen LogP contribution in [0.15, 0.2) is 30.3 Å². The summed E-state index contributed by atoms with van der Waals surface area (Å²) in [5, 5.41) is 11.6. The Bertz CT molecular complexity index is 937. The molecule has 0 bridgehead atoms. The first-order valence-corrected chi connectivity index (χ1v) is 7.86. The minimum atomic E-state index is -0.685. The summed E-state index contributed by atoms with van der Waals surface area (Å²) >= 11 is 5.83. The number of amides is 2. The van der Waals surface area contributed by atoms with Crippen molar-refractivity contribution in [1.29, 1.82) is 5.26 Å². The molecule has 1 N–H and O–H groups in total. The molecule has 1 heterocycles. The largest absolute Gasteiger partial charge is 0.345 e. The van der Waals surface area contributed by atoms with Gasteiger partial charge >= 0.3 is 0 Å². The van der Waals surface area contributed by atoms with Gasteiger partial charge in [0.05, 0.1) is 11.6 Å². The fourth-order valence-electron chi connectivity index (χ4n) is 2.78. The highest BCUT2D eigenvalue weighted by Crippen LogP contribution is 2.32. The summed E-state index contributed by atoms with van der Waals surface area (Å²) in [6.07, 6.45) is 0. The van der Waals surface area contributed by atoms with Crippen molar-refractivity contribution in [2.24, 2.45) is 0 Å². The summed E-state index contributed by atoms with van der Waals surface area (Å²) in [7, 11) is 0. The lowest BCUT2D eigenvalue weighted by atomic mass is 9.99. The van der Waals surface area contributed by atoms with Gasteiger partial charge in [-0.15, -0.1) is 0 Å². The lowest BCUT2D eigenvalue weighted by Crippen LogP contribution is -2.51. The van der Waals surface area contributed by atoms with Crippen molar-refractivity contribution in [3.63, 3.8) is 0 Å². The van der Waals surface area contributed by atoms with Crippen LogP contribution >= 0.6 is 11.6 Å². The van der Waals surface area contributed by atoms with Gasteiger partial charge in [0.25, 0.3) is 0 Å². The summed E-state index contributed by atoms with van der Waals surface area (Å²) in [5.41, 5.74) is 1.91. The summed E-state index contributed by atoms with van der Waals surface area (Å²) < 4.78 is 14.5. The number of benzene rings is 2. The molecule has 0 aliphatic carbocycles. The third-order valence-electron chi connectivity index (χ3n) is 4.04. The monoisotopic (exact) mass is 357 g/mol. The molecule has 126 valence electrons. The lowest BCUT2D eigenvalue weighted by molar-refractivity contribution is -0.128. The van der Waals surface area contributed by atoms with E-state index in [9.17, 15) is 14.0 Å². The zero-order valence-corrected chi connectivity index (χ0v) is 14.0. The van der Waals surface area contributed by atoms with Gasteiger partial charge in [-0.3, -0.25) is 9.59 Å². The van der Waals surface area contributed by atoms with E-state index in [1.165, 1.54) is 17.0 Å². The number of carbonyl (C=O) groups is 2. The van der Waals surface area contributed by atoms with Crippen molar-refractivity contribution in [3.8, 4) is 17.2 Å². The average molecular weight is 358 g/mol. The first-order valence-electron chi connectivity index (χ1n) is 7.48. The number of carbonyl (C=O) groups excluding carboxylic acids is 2. The van der Waals surface area contributed by atoms with Crippen molar-refractivity contribution < 1.29 is 14.0 Å². The summed E-state index contributed by atoms with van der Waals surface area (Å²) in [5.74, 6) is -1.12. The van der Waals surface area contributed by atoms with Crippen molar-refractivity contribution in [1.82, 2.24) is 5.32 Å². The van der Waals surface area contributed by atoms with Crippen LogP contribution in [0.5, 0.6) is 0 Å². The Morgan fingerprint density at radius 2 is 2.04 bits per heavy atom. The Morgan fingerprint density at radius 3 is 2.72 bits per heavy atom. The Kier molecular flexibility index (Phi) is 4.43. The lowest BCUT2D eigenvalue weighted by Gasteiger charge is -2.28. The van der Waals surface area contributed by atoms with E-state index >= 15 is 0 Å². The van der Waals surface area contributed by atoms with Crippen LogP contribution in [0.4, 0.5) is 10.1 Å². The number of nitrogens with one attached hydrogen (secondary N) is 1. The molecule has 0 aromatic heterocycles. The predicted octanol–water partition coefficient (Wildman–Crippen LogP) is 2.79. The van der Waals surface area contributed by atoms with Crippen LogP contribution in [0.3, 0.4) is 0 Å². The number of hydrogen-bond acceptors (Lipinski definition) is 3. The number of nitrogens with zero attached hydrogens (tertiary/aromatic N) is 2. The Labute approximate surface area is 148 Å². The second-order valence-corrected chi connectivity index (χ2v) is 6.06. The van der Waals surface area contributed by atoms with Gasteiger partial charge in [-0.25, -0.2) is 4.39 Å². The minimum absolute atomic E-state index is 0.0443. The molecule has 1 aliphatic rings. The van der Waals surface area contributed by atoms with E-state index in [-0.39, 0.29) is 41.1 Å². The highest BCUT2D eigenvalue weighted by molar-refractivity contribution is 6.31. The molecule has 0 radical (unpaired) electrons. The predicted molar refractivity (Wildman–Crippen MR) is 91.7 cm³/mol. The first kappa shape index (κ1) is 16.9. The molecule has 1 aliphatic heterocycles. The van der Waals surface area contributed by atoms with Gasteiger partial charge < -0.3 is 10.2 Å². The maximum absolute atomic E-state index is 14.5. The molecule has 1 fully saturated rings. The minimum Gasteiger partial charge on any atom is -0.345 e. The molecule has 7 heteroatoms. The molecule has 0 saturated carbocycles. The summed E-state index contributed by atoms with van der Waals surface area (Å²) in [6.45, 7) is 1.68. The highest BCUT2D eigenvalue weighted by Gasteiger charge is 2.25. The molecule has 0 spiro atoms. The van der Waals surface area contributed by atoms with Crippen LogP contribution in [0, 0.1) is 24.1 Å². The molecule has 5 nitrogen and oxygen atoms in total. The zero-order valence-electron chi connectivity index (χ0n) is 13.3. The van der Waals surface area contributed by atoms with Gasteiger partial charge in [-0.2, -0.15) is 5.26 Å². The third kappa shape index (κ3) is 3.06. The van der Waals surface area contributed by atoms with E-state index in [1.54, 1.807) is 31.2 Å². The molecular formula is C18H13ClFN3O2. The quantitative estimate of drug-likeness (QED) is 0.898. The molecule has 0 atom stereocenters. The van der Waals surface area contributed by atoms with Gasteiger partial charge in [0.15, 0.2) is 0 Å². The van der Waals surface area contributed by atoms with Crippen LogP contribution in [0.25, 0.3) is 11.1 Å². The number of rotatable bonds is 2. The van der Waals surface area contributed by atoms with Gasteiger partial charge in [0.2, 0.25) is 11.8 Å². The Morgan fingerprint density at radius 1 is 1.28 bits per heavy atom. The van der Waals surface area contributed by atoms with Gasteiger partial charge in [0, 0.05) is 11.3 Å². The van der Waals surface area contributed by atoms with Crippen molar-refractivity contribution >= 4 is 29.1 Å². The van der Waals surface area contributed by atoms with Crippen molar-refractivity contribution in [3.05, 3.63) is 52.3 Å². The zero-order chi connectivity index (χ0) is 18.1. The standard InChI is InChI=1S/C18H13ClFN3O2/c1-10-6-11(12-3-4-14(19)13(7-21)18(12)20)2-5-15(10)23-9-16(24)22-8-17(23)25/h2-6H,8-9H2,1H3,(H,22,24). The summed E-state index contributed by atoms with van der Waals surface area (Å²) in [4.78, 5) is 25.0. The molecular weight excluding hydrogens is 345 g/mol. The average Bonchev–Trinajstić information content (AvgIpc) is 2.58. The molecule has 2 aromatic carbocycles. The van der Waals surface area contributed by atoms with E-state index in [0.717, 1.165) is 0 Å². The number of piperazine rings is 1. The number of hydrogen-bond donors (Lipinski definition) is 1. The Balaban J connectivity index is 2.02. The molecule has 1 saturated heterocycles. The number of aryl methyl sites for hydroxylation is 1. The fourth-order valence-corrected chi connectivity index (χ4v) is 2.97. The maximum Gasteiger partial charge on any atom is 0.246 e. The second-order valence-electron chi connectivity index (χ2n) is 5.65. The van der Waals surface area contributed by atoms with Crippen LogP contribution in [-0.2, 0) is 9.59 Å². The van der Waals surface area contributed by atoms with E-state index in [0.29, 0.717) is 16.8 Å². The number of halogens is 2. The Hall–Kier alpha value is -2.91. The van der Waals surface area contributed by atoms with Crippen LogP contribution in [0.2, 0.25) is 5.02 Å². The van der Waals surface area contributed by atoms with Crippen LogP contribution < -0.4 is 10.2 Å². The van der Waals surface area contributed by atoms with Gasteiger partial charge in [0.1, 0.15) is 24.0 Å². The van der Waals surface area contributed by atoms with E-state index in [2.05, 4.69) is 5.32 Å². The van der Waals surface area contributed by atoms with Crippen LogP contribution in [-0.4, -0.2) is 24.9 Å². The number of nitriles is 1. The molecule has 2 amide bonds. The van der Waals surface area contributed by atoms with Crippen molar-refractivity contribution in [2.45, 2.75) is 6.92 Å². The van der Waals surface area contributed by atoms with E-state index in [4.69, 9.17) is 16.9 Å². The third-order valence-corrected chi connectivity index (χ3v) is 4.36. The first-order chi connectivity index (χ1) is 11.9. The molecule has 0 unspecified atom stereocenters. The molecule has 3 rings (SSSR count). The smallest absolute Gasteiger partial charge is 0.246 e. The second kappa shape index (κ2) is 6.54. The fraction of sp³-hybridized carbons (Fsp3) is 0.167. The van der Waals surface area contributed by atoms with Gasteiger partial charge in [-0.05, 0) is 42.3 Å². The van der Waals surface area contributed by atoms with Crippen LogP contribution in [0.1, 0.15) is 11.1 Å². The van der Waals surface area contributed by atoms with Crippen molar-refractivity contribution in [2.75, 3.05) is 18.0 Å². The van der Waals surface area contributed by atoms with E-state index < -0.39 is 5.82 Å². The maximum atomic E-state index is 14.5. The summed E-state index contributed by atoms with van der Waals surface area (Å²) in [6, 6.07) is 9.76. The SMILES string of the molecule is Cc1cc(-c2ccc(Cl)c(C#N)c2F)ccc1N1CC(=O)NCC1=O. The highest BCUT2D eigenvalue weighted by atomic mass is 35.5. The van der Waals surface area contributed by atoms with Gasteiger partial charge in [-0.1, -0.05) is 17.7 Å². The number of anilines is 1.